The van der Waals surface area contributed by atoms with Gasteiger partial charge in [0.1, 0.15) is 0 Å². The van der Waals surface area contributed by atoms with Gasteiger partial charge in [-0.25, -0.2) is 0 Å². The van der Waals surface area contributed by atoms with E-state index in [2.05, 4.69) is 115 Å². The molecule has 20 N–H and O–H groups in total. The third-order valence-electron chi connectivity index (χ3n) is 14.9. The largest absolute Gasteiger partial charge is 3.00 e. The van der Waals surface area contributed by atoms with Crippen molar-refractivity contribution < 1.29 is 151 Å². The number of pyridine rings is 4. The van der Waals surface area contributed by atoms with E-state index < -0.39 is 30.5 Å². The van der Waals surface area contributed by atoms with Gasteiger partial charge in [0, 0.05) is 101 Å². The molecule has 0 unspecified atom stereocenters. The Hall–Kier alpha value is -5.51. The fraction of sp³-hybridized carbons (Fsp3) is 0.615. The molecular formula is C52H88Eu2N18O22+4. The van der Waals surface area contributed by atoms with Crippen LogP contribution in [0.25, 0.3) is 0 Å². The van der Waals surface area contributed by atoms with Gasteiger partial charge in [0.2, 0.25) is 0 Å². The molecule has 40 nitrogen and oxygen atoms in total. The molecule has 4 aromatic heterocycles. The van der Waals surface area contributed by atoms with Crippen LogP contribution in [0.3, 0.4) is 0 Å². The van der Waals surface area contributed by atoms with Gasteiger partial charge in [0.25, 0.3) is 0 Å². The summed E-state index contributed by atoms with van der Waals surface area (Å²) < 4.78 is 0. The number of rotatable bonds is 0. The Bertz CT molecular complexity index is 2210. The summed E-state index contributed by atoms with van der Waals surface area (Å²) in [6, 6.07) is 29.7. The molecule has 0 amide bonds. The summed E-state index contributed by atoms with van der Waals surface area (Å²) in [5.41, 5.74) is 9.13. The maximum absolute atomic E-state index is 8.25. The normalized spacial score (nSPS) is 21.8. The molecular weight excluding hydrogens is 1530 g/mol. The Kier molecular flexibility index (Phi) is 56.1. The number of hydrogen-bond acceptors (Lipinski definition) is 30. The van der Waals surface area contributed by atoms with Gasteiger partial charge in [-0.15, -0.1) is 0 Å². The van der Waals surface area contributed by atoms with E-state index in [9.17, 15) is 0 Å². The molecule has 2 aliphatic heterocycles. The van der Waals surface area contributed by atoms with E-state index in [4.69, 9.17) is 112 Å². The molecule has 4 aliphatic carbocycles. The number of nitrogens with zero attached hydrogens (tertiary/aromatic N) is 10. The molecule has 4 saturated carbocycles. The fourth-order valence-electron chi connectivity index (χ4n) is 11.3. The maximum Gasteiger partial charge on any atom is 3.00 e. The topological polar surface area (TPSA) is 677 Å². The molecule has 8 bridgehead atoms. The van der Waals surface area contributed by atoms with E-state index in [1.807, 2.05) is 0 Å². The van der Waals surface area contributed by atoms with Crippen LogP contribution in [0.4, 0.5) is 0 Å². The van der Waals surface area contributed by atoms with Crippen LogP contribution >= 0.6 is 0 Å². The quantitative estimate of drug-likeness (QED) is 0.0697. The van der Waals surface area contributed by atoms with Crippen LogP contribution < -0.4 is 42.5 Å². The average Bonchev–Trinajstić information content (AvgIpc) is 0.890. The minimum absolute atomic E-state index is 0. The first kappa shape index (κ1) is 94.9. The SMILES string of the molecule is O=[N+]([O-])[O-].O=[N+]([O-])[O-].O=[N+]([O-])[O-].O=[N+]([O-])[O-].O=[N+]([O-])[O-].O=[N+]([O-])[O-].[Eu+3].[Eu+3].[OH3+].[OH3+].[OH3+].[OH3+].c1cc2nc(c1)CN[C@@H]1CCCC[C@H]1NCc1cccc(n1)CN[C@@H]1CCCC[C@H]1NC2.c1cc2nc(c1)CN[C@@H]1CCCC[C@H]1NCc1cccc(n1)CN[C@@H]1CCCC[C@H]1NC2. The van der Waals surface area contributed by atoms with Gasteiger partial charge in [-0.1, -0.05) is 75.6 Å². The van der Waals surface area contributed by atoms with Crippen LogP contribution in [0.1, 0.15) is 148 Å². The molecule has 0 saturated heterocycles. The first-order valence-corrected chi connectivity index (χ1v) is 28.6. The monoisotopic (exact) mass is 1620 g/mol. The molecule has 0 aromatic carbocycles. The Morgan fingerprint density at radius 1 is 0.245 bits per heavy atom. The molecule has 4 fully saturated rings. The molecule has 528 valence electrons. The van der Waals surface area contributed by atoms with Gasteiger partial charge in [0.15, 0.2) is 0 Å². The second kappa shape index (κ2) is 55.6. The smallest absolute Gasteiger partial charge is 0.457 e. The average molecular weight is 1620 g/mol. The van der Waals surface area contributed by atoms with E-state index in [0.29, 0.717) is 48.3 Å². The predicted octanol–water partition coefficient (Wildman–Crippen LogP) is 1.22. The maximum atomic E-state index is 8.25. The molecule has 42 heteroatoms. The standard InChI is InChI=1S/2C26H38N6.2Eu.6NO3.4H2O/c2*1-2-12-24-23(11-1)27-15-19-7-5-9-21(31-19)17-29-25-13-3-4-14-26(25)30-18-22-10-6-8-20(32-22)16-28-24;;;6*2-1(3)4;;;;/h2*5-10,23-30H,1-4,11-18H2;;;;;;;;;4*1H2/q;;2*+3;6*-1;;;;/p+4/t2*23-,24-,25-,26-;;;;;;;;;;;;/m11............/s1. The third-order valence-corrected chi connectivity index (χ3v) is 14.9. The van der Waals surface area contributed by atoms with Crippen molar-refractivity contribution in [2.75, 3.05) is 0 Å². The third kappa shape index (κ3) is 45.0. The molecule has 0 spiro atoms. The number of aromatic nitrogens is 4. The zero-order valence-corrected chi connectivity index (χ0v) is 56.3. The van der Waals surface area contributed by atoms with E-state index in [0.717, 1.165) is 97.9 Å². The Labute approximate surface area is 621 Å². The van der Waals surface area contributed by atoms with Gasteiger partial charge in [-0.3, -0.25) is 19.9 Å². The first-order chi connectivity index (χ1) is 42.1. The molecule has 4 aromatic rings. The summed E-state index contributed by atoms with van der Waals surface area (Å²) >= 11 is 0. The minimum atomic E-state index is -1.75. The van der Waals surface area contributed by atoms with Gasteiger partial charge in [-0.05, 0) is 99.9 Å². The molecule has 0 radical (unpaired) electrons. The summed E-state index contributed by atoms with van der Waals surface area (Å²) in [6.45, 7) is 6.65. The second-order valence-electron chi connectivity index (χ2n) is 20.9. The van der Waals surface area contributed by atoms with Gasteiger partial charge >= 0.3 is 98.8 Å². The second-order valence-corrected chi connectivity index (χ2v) is 20.9. The summed E-state index contributed by atoms with van der Waals surface area (Å²) in [5, 5.41) is 119. The van der Waals surface area contributed by atoms with Crippen LogP contribution in [0, 0.1) is 191 Å². The fourth-order valence-corrected chi connectivity index (χ4v) is 11.3. The van der Waals surface area contributed by atoms with E-state index >= 15 is 0 Å². The van der Waals surface area contributed by atoms with Crippen molar-refractivity contribution in [2.45, 2.75) is 203 Å². The van der Waals surface area contributed by atoms with Crippen LogP contribution in [-0.2, 0) is 74.3 Å². The number of hydrogen-bond donors (Lipinski definition) is 8. The Balaban J connectivity index is -0.000000613. The Morgan fingerprint density at radius 3 is 0.436 bits per heavy atom. The molecule has 6 aliphatic rings. The summed E-state index contributed by atoms with van der Waals surface area (Å²) in [7, 11) is 0. The van der Waals surface area contributed by atoms with Crippen molar-refractivity contribution >= 4 is 0 Å². The van der Waals surface area contributed by atoms with Crippen molar-refractivity contribution in [3.8, 4) is 0 Å². The van der Waals surface area contributed by atoms with Crippen LogP contribution in [0.15, 0.2) is 72.8 Å². The van der Waals surface area contributed by atoms with Crippen molar-refractivity contribution in [1.29, 1.82) is 0 Å². The van der Waals surface area contributed by atoms with Crippen LogP contribution in [0.2, 0.25) is 0 Å². The predicted molar refractivity (Wildman–Crippen MR) is 337 cm³/mol. The number of fused-ring (bicyclic) bond motifs is 12. The summed E-state index contributed by atoms with van der Waals surface area (Å²) in [6.07, 6.45) is 20.2. The Morgan fingerprint density at radius 2 is 0.340 bits per heavy atom. The van der Waals surface area contributed by atoms with Gasteiger partial charge in [-0.2, -0.15) is 0 Å². The summed E-state index contributed by atoms with van der Waals surface area (Å²) in [5.74, 6) is 0. The van der Waals surface area contributed by atoms with E-state index in [-0.39, 0.29) is 121 Å². The van der Waals surface area contributed by atoms with Gasteiger partial charge < -0.3 is 156 Å². The van der Waals surface area contributed by atoms with E-state index in [1.165, 1.54) is 103 Å². The zero-order chi connectivity index (χ0) is 64.6. The number of nitrogens with one attached hydrogen (secondary N) is 8. The minimum Gasteiger partial charge on any atom is -0.457 e. The van der Waals surface area contributed by atoms with Gasteiger partial charge in [0.05, 0.1) is 76.1 Å². The molecule has 6 heterocycles. The molecule has 94 heavy (non-hydrogen) atoms. The zero-order valence-electron chi connectivity index (χ0n) is 51.4. The van der Waals surface area contributed by atoms with Crippen molar-refractivity contribution in [2.24, 2.45) is 0 Å². The summed E-state index contributed by atoms with van der Waals surface area (Å²) in [4.78, 5) is 69.3. The first-order valence-electron chi connectivity index (χ1n) is 28.6. The van der Waals surface area contributed by atoms with Crippen molar-refractivity contribution in [3.05, 3.63) is 210 Å². The van der Waals surface area contributed by atoms with Crippen molar-refractivity contribution in [1.82, 2.24) is 62.5 Å². The van der Waals surface area contributed by atoms with Crippen LogP contribution in [0.5, 0.6) is 0 Å². The van der Waals surface area contributed by atoms with Crippen molar-refractivity contribution in [3.63, 3.8) is 0 Å². The molecule has 8 atom stereocenters. The van der Waals surface area contributed by atoms with E-state index in [1.54, 1.807) is 0 Å². The van der Waals surface area contributed by atoms with Crippen LogP contribution in [-0.4, -0.2) is 98.8 Å². The molecule has 10 rings (SSSR count).